The van der Waals surface area contributed by atoms with Crippen molar-refractivity contribution in [2.45, 2.75) is 19.0 Å². The van der Waals surface area contributed by atoms with Crippen molar-refractivity contribution in [3.63, 3.8) is 0 Å². The largest absolute Gasteiger partial charge is 0.348 e. The Morgan fingerprint density at radius 3 is 1.85 bits per heavy atom. The summed E-state index contributed by atoms with van der Waals surface area (Å²) in [5, 5.41) is 7.10. The molecule has 0 saturated heterocycles. The predicted octanol–water partition coefficient (Wildman–Crippen LogP) is 4.90. The van der Waals surface area contributed by atoms with Crippen molar-refractivity contribution in [1.29, 1.82) is 0 Å². The summed E-state index contributed by atoms with van der Waals surface area (Å²) in [7, 11) is 0. The maximum Gasteiger partial charge on any atom is 0.234 e. The molecule has 0 unspecified atom stereocenters. The molecule has 0 aliphatic rings. The maximum absolute atomic E-state index is 12.5. The summed E-state index contributed by atoms with van der Waals surface area (Å²) in [4.78, 5) is 12.5. The van der Waals surface area contributed by atoms with Gasteiger partial charge in [-0.1, -0.05) is 84.4 Å². The van der Waals surface area contributed by atoms with Crippen LogP contribution in [0.15, 0.2) is 84.9 Å². The number of carbonyl (C=O) groups is 1. The third-order valence-electron chi connectivity index (χ3n) is 4.48. The molecule has 1 amide bonds. The van der Waals surface area contributed by atoms with Gasteiger partial charge in [-0.25, -0.2) is 0 Å². The van der Waals surface area contributed by atoms with Gasteiger partial charge in [-0.15, -0.1) is 0 Å². The van der Waals surface area contributed by atoms with Crippen molar-refractivity contribution in [1.82, 2.24) is 10.6 Å². The van der Waals surface area contributed by atoms with E-state index in [1.165, 1.54) is 0 Å². The van der Waals surface area contributed by atoms with Crippen molar-refractivity contribution in [2.24, 2.45) is 0 Å². The van der Waals surface area contributed by atoms with Crippen molar-refractivity contribution >= 4 is 17.5 Å². The molecule has 0 saturated carbocycles. The third kappa shape index (κ3) is 5.43. The van der Waals surface area contributed by atoms with Crippen LogP contribution in [0.3, 0.4) is 0 Å². The van der Waals surface area contributed by atoms with Crippen LogP contribution in [0, 0.1) is 0 Å². The molecule has 0 heterocycles. The molecule has 0 aliphatic heterocycles. The van der Waals surface area contributed by atoms with Gasteiger partial charge in [0.1, 0.15) is 0 Å². The minimum absolute atomic E-state index is 0.0380. The molecule has 138 valence electrons. The number of halogens is 1. The second kappa shape index (κ2) is 9.36. The summed E-state index contributed by atoms with van der Waals surface area (Å²) in [5.74, 6) is -0.0469. The predicted molar refractivity (Wildman–Crippen MR) is 111 cm³/mol. The third-order valence-corrected chi connectivity index (χ3v) is 4.73. The molecular formula is C23H23ClN2O. The van der Waals surface area contributed by atoms with E-state index in [0.717, 1.165) is 16.7 Å². The second-order valence-corrected chi connectivity index (χ2v) is 6.91. The highest BCUT2D eigenvalue weighted by molar-refractivity contribution is 6.30. The first-order valence-corrected chi connectivity index (χ1v) is 9.39. The Labute approximate surface area is 165 Å². The number of amides is 1. The van der Waals surface area contributed by atoms with E-state index in [0.29, 0.717) is 5.02 Å². The maximum atomic E-state index is 12.5. The number of rotatable bonds is 7. The standard InChI is InChI=1S/C23H23ClN2O/c1-17(18-12-14-21(24)15-13-18)26-22(27)16-25-23(19-8-4-2-5-9-19)20-10-6-3-7-11-20/h2-15,17,23,25H,16H2,1H3,(H,26,27)/t17-/m1/s1. The van der Waals surface area contributed by atoms with Crippen LogP contribution in [0.4, 0.5) is 0 Å². The average Bonchev–Trinajstić information content (AvgIpc) is 2.70. The average molecular weight is 379 g/mol. The van der Waals surface area contributed by atoms with Gasteiger partial charge in [-0.3, -0.25) is 10.1 Å². The van der Waals surface area contributed by atoms with Crippen LogP contribution in [0.25, 0.3) is 0 Å². The van der Waals surface area contributed by atoms with Crippen LogP contribution in [0.2, 0.25) is 5.02 Å². The minimum atomic E-state index is -0.0801. The molecule has 3 aromatic carbocycles. The monoisotopic (exact) mass is 378 g/mol. The molecule has 0 radical (unpaired) electrons. The highest BCUT2D eigenvalue weighted by Crippen LogP contribution is 2.21. The van der Waals surface area contributed by atoms with Gasteiger partial charge in [-0.2, -0.15) is 0 Å². The number of carbonyl (C=O) groups excluding carboxylic acids is 1. The van der Waals surface area contributed by atoms with E-state index in [2.05, 4.69) is 34.9 Å². The smallest absolute Gasteiger partial charge is 0.234 e. The Morgan fingerprint density at radius 1 is 0.815 bits per heavy atom. The van der Waals surface area contributed by atoms with Crippen LogP contribution >= 0.6 is 11.6 Å². The Kier molecular flexibility index (Phi) is 6.64. The minimum Gasteiger partial charge on any atom is -0.348 e. The van der Waals surface area contributed by atoms with Crippen LogP contribution in [-0.2, 0) is 4.79 Å². The first kappa shape index (κ1) is 19.2. The summed E-state index contributed by atoms with van der Waals surface area (Å²) in [6, 6.07) is 27.7. The molecule has 0 bridgehead atoms. The molecule has 27 heavy (non-hydrogen) atoms. The normalized spacial score (nSPS) is 12.0. The molecule has 3 nitrogen and oxygen atoms in total. The fourth-order valence-electron chi connectivity index (χ4n) is 3.04. The number of hydrogen-bond acceptors (Lipinski definition) is 2. The number of hydrogen-bond donors (Lipinski definition) is 2. The van der Waals surface area contributed by atoms with Crippen LogP contribution in [0.1, 0.15) is 35.7 Å². The second-order valence-electron chi connectivity index (χ2n) is 6.48. The molecule has 2 N–H and O–H groups in total. The lowest BCUT2D eigenvalue weighted by Crippen LogP contribution is -2.37. The Morgan fingerprint density at radius 2 is 1.33 bits per heavy atom. The Bertz CT molecular complexity index is 811. The lowest BCUT2D eigenvalue weighted by Gasteiger charge is -2.21. The van der Waals surface area contributed by atoms with Gasteiger partial charge in [-0.05, 0) is 35.7 Å². The van der Waals surface area contributed by atoms with Crippen molar-refractivity contribution in [3.8, 4) is 0 Å². The summed E-state index contributed by atoms with van der Waals surface area (Å²) < 4.78 is 0. The number of benzene rings is 3. The molecule has 3 rings (SSSR count). The van der Waals surface area contributed by atoms with E-state index in [1.807, 2.05) is 67.6 Å². The molecule has 4 heteroatoms. The molecule has 0 fully saturated rings. The number of nitrogens with one attached hydrogen (secondary N) is 2. The quantitative estimate of drug-likeness (QED) is 0.614. The van der Waals surface area contributed by atoms with Gasteiger partial charge >= 0.3 is 0 Å². The van der Waals surface area contributed by atoms with Gasteiger partial charge < -0.3 is 5.32 Å². The van der Waals surface area contributed by atoms with Crippen LogP contribution < -0.4 is 10.6 Å². The first-order chi connectivity index (χ1) is 13.1. The Hall–Kier alpha value is -2.62. The summed E-state index contributed by atoms with van der Waals surface area (Å²) in [6.07, 6.45) is 0. The van der Waals surface area contributed by atoms with Crippen molar-refractivity contribution < 1.29 is 4.79 Å². The van der Waals surface area contributed by atoms with Gasteiger partial charge in [0.2, 0.25) is 5.91 Å². The molecule has 0 aromatic heterocycles. The van der Waals surface area contributed by atoms with Crippen LogP contribution in [0.5, 0.6) is 0 Å². The van der Waals surface area contributed by atoms with Gasteiger partial charge in [0.05, 0.1) is 18.6 Å². The molecule has 1 atom stereocenters. The molecule has 0 spiro atoms. The molecular weight excluding hydrogens is 356 g/mol. The highest BCUT2D eigenvalue weighted by atomic mass is 35.5. The van der Waals surface area contributed by atoms with Crippen LogP contribution in [-0.4, -0.2) is 12.5 Å². The summed E-state index contributed by atoms with van der Waals surface area (Å²) in [6.45, 7) is 2.19. The van der Waals surface area contributed by atoms with E-state index in [-0.39, 0.29) is 24.5 Å². The zero-order valence-corrected chi connectivity index (χ0v) is 16.0. The van der Waals surface area contributed by atoms with E-state index in [9.17, 15) is 4.79 Å². The molecule has 0 aliphatic carbocycles. The first-order valence-electron chi connectivity index (χ1n) is 9.01. The topological polar surface area (TPSA) is 41.1 Å². The Balaban J connectivity index is 1.64. The summed E-state index contributed by atoms with van der Waals surface area (Å²) in [5.41, 5.74) is 3.28. The van der Waals surface area contributed by atoms with Crippen molar-refractivity contribution in [3.05, 3.63) is 107 Å². The fraction of sp³-hybridized carbons (Fsp3) is 0.174. The van der Waals surface area contributed by atoms with E-state index >= 15 is 0 Å². The summed E-state index contributed by atoms with van der Waals surface area (Å²) >= 11 is 5.93. The van der Waals surface area contributed by atoms with E-state index < -0.39 is 0 Å². The zero-order chi connectivity index (χ0) is 19.1. The van der Waals surface area contributed by atoms with E-state index in [1.54, 1.807) is 0 Å². The SMILES string of the molecule is C[C@@H](NC(=O)CNC(c1ccccc1)c1ccccc1)c1ccc(Cl)cc1. The van der Waals surface area contributed by atoms with Gasteiger partial charge in [0.15, 0.2) is 0 Å². The van der Waals surface area contributed by atoms with Gasteiger partial charge in [0, 0.05) is 5.02 Å². The molecule has 3 aromatic rings. The fourth-order valence-corrected chi connectivity index (χ4v) is 3.17. The lowest BCUT2D eigenvalue weighted by molar-refractivity contribution is -0.121. The van der Waals surface area contributed by atoms with Crippen molar-refractivity contribution in [2.75, 3.05) is 6.54 Å². The van der Waals surface area contributed by atoms with E-state index in [4.69, 9.17) is 11.6 Å². The van der Waals surface area contributed by atoms with Gasteiger partial charge in [0.25, 0.3) is 0 Å². The zero-order valence-electron chi connectivity index (χ0n) is 15.2. The lowest BCUT2D eigenvalue weighted by atomic mass is 9.99. The highest BCUT2D eigenvalue weighted by Gasteiger charge is 2.16.